The van der Waals surface area contributed by atoms with E-state index in [-0.39, 0.29) is 17.6 Å². The lowest BCUT2D eigenvalue weighted by atomic mass is 9.55. The smallest absolute Gasteiger partial charge is 0.342 e. The normalized spacial score (nSPS) is 31.9. The number of carbonyl (C=O) groups is 4. The van der Waals surface area contributed by atoms with Gasteiger partial charge in [0.15, 0.2) is 0 Å². The minimum absolute atomic E-state index is 0.174. The lowest BCUT2D eigenvalue weighted by Crippen LogP contribution is -2.49. The Morgan fingerprint density at radius 1 is 1.26 bits per heavy atom. The number of hydrogen-bond donors (Lipinski definition) is 2. The fourth-order valence-corrected chi connectivity index (χ4v) is 4.21. The van der Waals surface area contributed by atoms with Crippen LogP contribution in [0.15, 0.2) is 23.3 Å². The van der Waals surface area contributed by atoms with Crippen molar-refractivity contribution in [2.24, 2.45) is 16.7 Å². The Labute approximate surface area is 158 Å². The number of ether oxygens (including phenoxy) is 1. The molecule has 0 amide bonds. The van der Waals surface area contributed by atoms with E-state index in [0.29, 0.717) is 19.3 Å². The van der Waals surface area contributed by atoms with E-state index in [2.05, 4.69) is 0 Å². The van der Waals surface area contributed by atoms with Crippen LogP contribution in [-0.4, -0.2) is 34.1 Å². The first-order chi connectivity index (χ1) is 12.6. The van der Waals surface area contributed by atoms with Gasteiger partial charge < -0.3 is 14.9 Å². The summed E-state index contributed by atoms with van der Waals surface area (Å²) >= 11 is 0. The molecule has 2 N–H and O–H groups in total. The largest absolute Gasteiger partial charge is 0.481 e. The maximum absolute atomic E-state index is 12.8. The molecular weight excluding hydrogens is 352 g/mol. The number of rotatable bonds is 7. The molecular formula is C20H26O7. The lowest BCUT2D eigenvalue weighted by Gasteiger charge is -2.43. The van der Waals surface area contributed by atoms with Crippen molar-refractivity contribution in [3.8, 4) is 0 Å². The molecule has 0 aromatic rings. The third-order valence-corrected chi connectivity index (χ3v) is 5.69. The quantitative estimate of drug-likeness (QED) is 0.302. The highest BCUT2D eigenvalue weighted by Gasteiger charge is 2.64. The van der Waals surface area contributed by atoms with E-state index < -0.39 is 40.6 Å². The van der Waals surface area contributed by atoms with Crippen molar-refractivity contribution in [2.45, 2.75) is 59.3 Å². The minimum atomic E-state index is -1.80. The van der Waals surface area contributed by atoms with Crippen LogP contribution in [0.2, 0.25) is 0 Å². The van der Waals surface area contributed by atoms with Gasteiger partial charge in [0, 0.05) is 0 Å². The third kappa shape index (κ3) is 3.31. The summed E-state index contributed by atoms with van der Waals surface area (Å²) in [6, 6.07) is 0. The Balaban J connectivity index is 2.71. The van der Waals surface area contributed by atoms with E-state index >= 15 is 0 Å². The van der Waals surface area contributed by atoms with Gasteiger partial charge in [0.05, 0.1) is 16.6 Å². The molecule has 1 aliphatic heterocycles. The van der Waals surface area contributed by atoms with Crippen LogP contribution in [0.3, 0.4) is 0 Å². The Bertz CT molecular complexity index is 733. The Hall–Kier alpha value is -2.44. The maximum atomic E-state index is 12.8. The van der Waals surface area contributed by atoms with Crippen molar-refractivity contribution in [2.75, 3.05) is 0 Å². The highest BCUT2D eigenvalue weighted by molar-refractivity contribution is 6.11. The molecule has 148 valence electrons. The van der Waals surface area contributed by atoms with E-state index in [1.54, 1.807) is 6.08 Å². The number of aliphatic carboxylic acids is 2. The second kappa shape index (κ2) is 7.66. The molecule has 1 spiro atoms. The molecule has 1 heterocycles. The summed E-state index contributed by atoms with van der Waals surface area (Å²) in [6.07, 6.45) is 6.08. The topological polar surface area (TPSA) is 118 Å². The zero-order valence-electron chi connectivity index (χ0n) is 15.9. The van der Waals surface area contributed by atoms with Crippen molar-refractivity contribution < 1.29 is 34.1 Å². The molecule has 27 heavy (non-hydrogen) atoms. The summed E-state index contributed by atoms with van der Waals surface area (Å²) < 4.78 is 4.93. The Kier molecular flexibility index (Phi) is 5.92. The molecule has 0 aromatic heterocycles. The van der Waals surface area contributed by atoms with Crippen LogP contribution >= 0.6 is 0 Å². The van der Waals surface area contributed by atoms with Crippen LogP contribution < -0.4 is 0 Å². The van der Waals surface area contributed by atoms with Crippen molar-refractivity contribution in [3.63, 3.8) is 0 Å². The minimum Gasteiger partial charge on any atom is -0.481 e. The number of hydrogen-bond acceptors (Lipinski definition) is 5. The average molecular weight is 378 g/mol. The summed E-state index contributed by atoms with van der Waals surface area (Å²) in [4.78, 5) is 49.0. The van der Waals surface area contributed by atoms with E-state index in [0.717, 1.165) is 12.8 Å². The number of allylic oxidation sites excluding steroid dienone is 2. The van der Waals surface area contributed by atoms with Crippen molar-refractivity contribution >= 4 is 23.9 Å². The monoisotopic (exact) mass is 378 g/mol. The van der Waals surface area contributed by atoms with Gasteiger partial charge in [0.25, 0.3) is 0 Å². The molecule has 1 fully saturated rings. The number of unbranched alkanes of at least 4 members (excludes halogenated alkanes) is 2. The van der Waals surface area contributed by atoms with Crippen LogP contribution in [-0.2, 0) is 23.9 Å². The number of carboxylic acid groups (broad SMARTS) is 2. The molecule has 1 aliphatic carbocycles. The highest BCUT2D eigenvalue weighted by atomic mass is 16.6. The molecule has 1 unspecified atom stereocenters. The van der Waals surface area contributed by atoms with Crippen molar-refractivity contribution in [1.82, 2.24) is 0 Å². The van der Waals surface area contributed by atoms with Gasteiger partial charge in [-0.15, -0.1) is 0 Å². The molecule has 1 saturated heterocycles. The fourth-order valence-electron chi connectivity index (χ4n) is 4.21. The zero-order valence-corrected chi connectivity index (χ0v) is 15.9. The maximum Gasteiger partial charge on any atom is 0.342 e. The predicted octanol–water partition coefficient (Wildman–Crippen LogP) is 3.09. The van der Waals surface area contributed by atoms with Crippen LogP contribution in [0.4, 0.5) is 0 Å². The van der Waals surface area contributed by atoms with Crippen LogP contribution in [0.1, 0.15) is 59.3 Å². The molecule has 0 bridgehead atoms. The van der Waals surface area contributed by atoms with Crippen LogP contribution in [0, 0.1) is 16.7 Å². The standard InChI is InChI=1S/C20H26O7/c1-4-6-7-9-13-16(23)27-18(26)20(13)11-19(3,17(24)25)14(15(21)22)10-12(20)8-5-2/h9-10,12H,4-8,11H2,1-3H3,(H,21,22)(H,24,25)/b13-9+/t12?,19-,20-/m1/s1. The van der Waals surface area contributed by atoms with Gasteiger partial charge in [0.1, 0.15) is 5.41 Å². The van der Waals surface area contributed by atoms with Gasteiger partial charge in [-0.05, 0) is 32.1 Å². The molecule has 2 aliphatic rings. The van der Waals surface area contributed by atoms with Gasteiger partial charge in [-0.1, -0.05) is 45.3 Å². The number of esters is 2. The summed E-state index contributed by atoms with van der Waals surface area (Å²) in [7, 11) is 0. The lowest BCUT2D eigenvalue weighted by molar-refractivity contribution is -0.160. The number of cyclic esters (lactones) is 2. The Morgan fingerprint density at radius 2 is 1.93 bits per heavy atom. The second-order valence-electron chi connectivity index (χ2n) is 7.50. The van der Waals surface area contributed by atoms with Gasteiger partial charge in [-0.25, -0.2) is 9.59 Å². The summed E-state index contributed by atoms with van der Waals surface area (Å²) in [6.45, 7) is 5.17. The van der Waals surface area contributed by atoms with Crippen LogP contribution in [0.25, 0.3) is 0 Å². The average Bonchev–Trinajstić information content (AvgIpc) is 2.81. The first-order valence-corrected chi connectivity index (χ1v) is 9.31. The Morgan fingerprint density at radius 3 is 2.44 bits per heavy atom. The summed E-state index contributed by atoms with van der Waals surface area (Å²) in [5, 5.41) is 19.3. The molecule has 0 saturated carbocycles. The first-order valence-electron chi connectivity index (χ1n) is 9.31. The van der Waals surface area contributed by atoms with E-state index in [9.17, 15) is 29.4 Å². The first kappa shape index (κ1) is 20.9. The van der Waals surface area contributed by atoms with E-state index in [1.165, 1.54) is 13.0 Å². The van der Waals surface area contributed by atoms with Crippen molar-refractivity contribution in [1.29, 1.82) is 0 Å². The van der Waals surface area contributed by atoms with Gasteiger partial charge in [-0.2, -0.15) is 0 Å². The van der Waals surface area contributed by atoms with Gasteiger partial charge in [-0.3, -0.25) is 9.59 Å². The molecule has 3 atom stereocenters. The van der Waals surface area contributed by atoms with Crippen LogP contribution in [0.5, 0.6) is 0 Å². The molecule has 0 radical (unpaired) electrons. The molecule has 2 rings (SSSR count). The van der Waals surface area contributed by atoms with Gasteiger partial charge >= 0.3 is 23.9 Å². The summed E-state index contributed by atoms with van der Waals surface area (Å²) in [5.41, 5.74) is -3.33. The second-order valence-corrected chi connectivity index (χ2v) is 7.50. The molecule has 7 nitrogen and oxygen atoms in total. The summed E-state index contributed by atoms with van der Waals surface area (Å²) in [5.74, 6) is -4.80. The molecule has 0 aromatic carbocycles. The fraction of sp³-hybridized carbons (Fsp3) is 0.600. The SMILES string of the molecule is CCCC/C=C1\C(=O)OC(=O)[C@@]12C[C@@](C)(C(=O)O)C(C(=O)O)=CC2CCC. The molecule has 7 heteroatoms. The predicted molar refractivity (Wildman–Crippen MR) is 95.6 cm³/mol. The van der Waals surface area contributed by atoms with E-state index in [4.69, 9.17) is 4.74 Å². The number of carbonyl (C=O) groups excluding carboxylic acids is 2. The highest BCUT2D eigenvalue weighted by Crippen LogP contribution is 2.57. The van der Waals surface area contributed by atoms with E-state index in [1.807, 2.05) is 13.8 Å². The van der Waals surface area contributed by atoms with Crippen molar-refractivity contribution in [3.05, 3.63) is 23.3 Å². The zero-order chi connectivity index (χ0) is 20.4. The third-order valence-electron chi connectivity index (χ3n) is 5.69. The van der Waals surface area contributed by atoms with Gasteiger partial charge in [0.2, 0.25) is 0 Å². The number of carboxylic acids is 2.